The van der Waals surface area contributed by atoms with E-state index in [1.165, 1.54) is 11.8 Å². The van der Waals surface area contributed by atoms with E-state index in [-0.39, 0.29) is 11.9 Å². The number of aromatic nitrogens is 1. The average molecular weight is 310 g/mol. The van der Waals surface area contributed by atoms with Crippen LogP contribution in [0.2, 0.25) is 5.02 Å². The number of hydrogen-bond donors (Lipinski definition) is 2. The van der Waals surface area contributed by atoms with Crippen molar-refractivity contribution < 1.29 is 4.79 Å². The molecule has 0 saturated heterocycles. The van der Waals surface area contributed by atoms with Crippen LogP contribution in [0.25, 0.3) is 0 Å². The molecule has 1 amide bonds. The topological polar surface area (TPSA) is 54.0 Å². The van der Waals surface area contributed by atoms with E-state index in [9.17, 15) is 4.79 Å². The Hall–Kier alpha value is -1.59. The molecule has 2 rings (SSSR count). The third-order valence-corrected chi connectivity index (χ3v) is 4.27. The Labute approximate surface area is 127 Å². The highest BCUT2D eigenvalue weighted by atomic mass is 35.5. The Morgan fingerprint density at radius 3 is 2.75 bits per heavy atom. The predicted molar refractivity (Wildman–Crippen MR) is 84.6 cm³/mol. The number of amides is 1. The summed E-state index contributed by atoms with van der Waals surface area (Å²) < 4.78 is 0. The maximum Gasteiger partial charge on any atom is 0.221 e. The standard InChI is InChI=1S/C14H16ClN3OS/c1-8-14(20-7-16-8)9(2)17-11-4-5-13(12(15)6-11)18-10(3)19/h4-7,9,17H,1-3H3,(H,18,19). The van der Waals surface area contributed by atoms with Gasteiger partial charge < -0.3 is 10.6 Å². The number of carbonyl (C=O) groups is 1. The highest BCUT2D eigenvalue weighted by Crippen LogP contribution is 2.29. The number of nitrogens with zero attached hydrogens (tertiary/aromatic N) is 1. The zero-order valence-electron chi connectivity index (χ0n) is 11.5. The van der Waals surface area contributed by atoms with Crippen molar-refractivity contribution in [3.63, 3.8) is 0 Å². The molecule has 1 heterocycles. The molecule has 2 aromatic rings. The molecule has 0 aliphatic carbocycles. The van der Waals surface area contributed by atoms with Gasteiger partial charge in [0.2, 0.25) is 5.91 Å². The zero-order valence-corrected chi connectivity index (χ0v) is 13.1. The third kappa shape index (κ3) is 3.49. The number of benzene rings is 1. The van der Waals surface area contributed by atoms with Crippen LogP contribution in [0.15, 0.2) is 23.7 Å². The molecular weight excluding hydrogens is 294 g/mol. The maximum absolute atomic E-state index is 11.0. The number of anilines is 2. The smallest absolute Gasteiger partial charge is 0.221 e. The van der Waals surface area contributed by atoms with Gasteiger partial charge in [-0.05, 0) is 32.0 Å². The number of thiazole rings is 1. The van der Waals surface area contributed by atoms with Gasteiger partial charge in [0.1, 0.15) is 0 Å². The summed E-state index contributed by atoms with van der Waals surface area (Å²) in [5, 5.41) is 6.58. The maximum atomic E-state index is 11.0. The monoisotopic (exact) mass is 309 g/mol. The van der Waals surface area contributed by atoms with E-state index in [2.05, 4.69) is 22.5 Å². The Balaban J connectivity index is 2.12. The summed E-state index contributed by atoms with van der Waals surface area (Å²) in [6.45, 7) is 5.53. The fraction of sp³-hybridized carbons (Fsp3) is 0.286. The van der Waals surface area contributed by atoms with E-state index in [1.807, 2.05) is 18.5 Å². The minimum absolute atomic E-state index is 0.138. The summed E-state index contributed by atoms with van der Waals surface area (Å²) in [6.07, 6.45) is 0. The number of aryl methyl sites for hydroxylation is 1. The molecule has 4 nitrogen and oxygen atoms in total. The van der Waals surface area contributed by atoms with Gasteiger partial charge in [-0.15, -0.1) is 11.3 Å². The first-order valence-corrected chi connectivity index (χ1v) is 7.47. The van der Waals surface area contributed by atoms with Crippen LogP contribution < -0.4 is 10.6 Å². The van der Waals surface area contributed by atoms with Gasteiger partial charge in [0.15, 0.2) is 0 Å². The summed E-state index contributed by atoms with van der Waals surface area (Å²) >= 11 is 7.78. The lowest BCUT2D eigenvalue weighted by Crippen LogP contribution is -2.08. The molecule has 2 N–H and O–H groups in total. The minimum atomic E-state index is -0.138. The molecule has 20 heavy (non-hydrogen) atoms. The van der Waals surface area contributed by atoms with Gasteiger partial charge in [0.05, 0.1) is 28.0 Å². The Bertz CT molecular complexity index is 627. The highest BCUT2D eigenvalue weighted by Gasteiger charge is 2.11. The molecule has 1 aromatic heterocycles. The van der Waals surface area contributed by atoms with Crippen LogP contribution in [0, 0.1) is 6.92 Å². The van der Waals surface area contributed by atoms with Gasteiger partial charge in [-0.1, -0.05) is 11.6 Å². The Morgan fingerprint density at radius 1 is 1.45 bits per heavy atom. The van der Waals surface area contributed by atoms with Crippen LogP contribution in [-0.4, -0.2) is 10.9 Å². The summed E-state index contributed by atoms with van der Waals surface area (Å²) in [6, 6.07) is 5.65. The Kier molecular flexibility index (Phi) is 4.62. The van der Waals surface area contributed by atoms with E-state index >= 15 is 0 Å². The predicted octanol–water partition coefficient (Wildman–Crippen LogP) is 4.24. The zero-order chi connectivity index (χ0) is 14.7. The Morgan fingerprint density at radius 2 is 2.20 bits per heavy atom. The fourth-order valence-corrected chi connectivity index (χ4v) is 2.98. The summed E-state index contributed by atoms with van der Waals surface area (Å²) in [5.41, 5.74) is 4.40. The lowest BCUT2D eigenvalue weighted by molar-refractivity contribution is -0.114. The molecule has 1 unspecified atom stereocenters. The number of rotatable bonds is 4. The van der Waals surface area contributed by atoms with Crippen LogP contribution in [0.1, 0.15) is 30.5 Å². The van der Waals surface area contributed by atoms with Crippen molar-refractivity contribution >= 4 is 40.2 Å². The lowest BCUT2D eigenvalue weighted by atomic mass is 10.2. The first-order chi connectivity index (χ1) is 9.47. The molecule has 0 radical (unpaired) electrons. The highest BCUT2D eigenvalue weighted by molar-refractivity contribution is 7.09. The van der Waals surface area contributed by atoms with Gasteiger partial charge in [-0.2, -0.15) is 0 Å². The van der Waals surface area contributed by atoms with Crippen molar-refractivity contribution in [3.8, 4) is 0 Å². The van der Waals surface area contributed by atoms with Gasteiger partial charge in [-0.25, -0.2) is 4.98 Å². The second-order valence-corrected chi connectivity index (χ2v) is 5.84. The largest absolute Gasteiger partial charge is 0.378 e. The fourth-order valence-electron chi connectivity index (χ4n) is 1.94. The molecule has 6 heteroatoms. The molecule has 0 aliphatic rings. The van der Waals surface area contributed by atoms with E-state index in [0.29, 0.717) is 10.7 Å². The first kappa shape index (κ1) is 14.8. The van der Waals surface area contributed by atoms with Crippen molar-refractivity contribution in [3.05, 3.63) is 39.3 Å². The van der Waals surface area contributed by atoms with Crippen LogP contribution in [0.4, 0.5) is 11.4 Å². The van der Waals surface area contributed by atoms with E-state index in [0.717, 1.165) is 11.4 Å². The number of hydrogen-bond acceptors (Lipinski definition) is 4. The van der Waals surface area contributed by atoms with Crippen molar-refractivity contribution in [2.45, 2.75) is 26.8 Å². The molecule has 0 saturated carbocycles. The van der Waals surface area contributed by atoms with E-state index in [4.69, 9.17) is 11.6 Å². The molecule has 0 bridgehead atoms. The number of halogens is 1. The van der Waals surface area contributed by atoms with E-state index in [1.54, 1.807) is 23.5 Å². The molecule has 1 aromatic carbocycles. The van der Waals surface area contributed by atoms with Gasteiger partial charge in [0, 0.05) is 17.5 Å². The van der Waals surface area contributed by atoms with Crippen molar-refractivity contribution in [2.75, 3.05) is 10.6 Å². The van der Waals surface area contributed by atoms with Crippen LogP contribution in [0.3, 0.4) is 0 Å². The minimum Gasteiger partial charge on any atom is -0.378 e. The second kappa shape index (κ2) is 6.24. The normalized spacial score (nSPS) is 12.0. The molecule has 106 valence electrons. The van der Waals surface area contributed by atoms with Gasteiger partial charge >= 0.3 is 0 Å². The average Bonchev–Trinajstić information content (AvgIpc) is 2.78. The van der Waals surface area contributed by atoms with Crippen LogP contribution in [-0.2, 0) is 4.79 Å². The SMILES string of the molecule is CC(=O)Nc1ccc(NC(C)c2scnc2C)cc1Cl. The molecule has 0 fully saturated rings. The van der Waals surface area contributed by atoms with Crippen molar-refractivity contribution in [1.29, 1.82) is 0 Å². The molecular formula is C14H16ClN3OS. The molecule has 1 atom stereocenters. The third-order valence-electron chi connectivity index (χ3n) is 2.84. The summed E-state index contributed by atoms with van der Waals surface area (Å²) in [5.74, 6) is -0.138. The van der Waals surface area contributed by atoms with Gasteiger partial charge in [-0.3, -0.25) is 4.79 Å². The summed E-state index contributed by atoms with van der Waals surface area (Å²) in [7, 11) is 0. The lowest BCUT2D eigenvalue weighted by Gasteiger charge is -2.15. The number of carbonyl (C=O) groups excluding carboxylic acids is 1. The van der Waals surface area contributed by atoms with Crippen LogP contribution >= 0.6 is 22.9 Å². The molecule has 0 spiro atoms. The van der Waals surface area contributed by atoms with E-state index < -0.39 is 0 Å². The van der Waals surface area contributed by atoms with Crippen molar-refractivity contribution in [1.82, 2.24) is 4.98 Å². The van der Waals surface area contributed by atoms with Crippen molar-refractivity contribution in [2.24, 2.45) is 0 Å². The first-order valence-electron chi connectivity index (χ1n) is 6.21. The van der Waals surface area contributed by atoms with Crippen LogP contribution in [0.5, 0.6) is 0 Å². The van der Waals surface area contributed by atoms with Gasteiger partial charge in [0.25, 0.3) is 0 Å². The molecule has 0 aliphatic heterocycles. The second-order valence-electron chi connectivity index (χ2n) is 4.54. The number of nitrogens with one attached hydrogen (secondary N) is 2. The quantitative estimate of drug-likeness (QED) is 0.888. The summed E-state index contributed by atoms with van der Waals surface area (Å²) in [4.78, 5) is 16.5.